The van der Waals surface area contributed by atoms with E-state index in [1.165, 1.54) is 17.7 Å². The molecule has 1 aliphatic heterocycles. The lowest BCUT2D eigenvalue weighted by atomic mass is 9.87. The number of amides is 1. The zero-order valence-corrected chi connectivity index (χ0v) is 18.9. The van der Waals surface area contributed by atoms with Gasteiger partial charge in [-0.1, -0.05) is 37.3 Å². The second-order valence-electron chi connectivity index (χ2n) is 8.35. The minimum absolute atomic E-state index is 0.0346. The number of fused-ring (bicyclic) bond motifs is 1. The Morgan fingerprint density at radius 3 is 2.67 bits per heavy atom. The molecule has 2 N–H and O–H groups in total. The standard InChI is InChI=1S/C25H30N4O4/c1-2-18-4-3-5-21-23(17-27-25(18)21)22(19-6-8-20(9-7-19)29(31)32)16-24(30)26-10-11-28-12-14-33-15-13-28/h3-9,17,22,27H,2,10-16H2,1H3,(H,26,30)/t22-/m0/s1. The van der Waals surface area contributed by atoms with E-state index in [0.29, 0.717) is 6.54 Å². The van der Waals surface area contributed by atoms with Crippen LogP contribution in [-0.2, 0) is 16.0 Å². The van der Waals surface area contributed by atoms with Crippen molar-refractivity contribution in [2.75, 3.05) is 39.4 Å². The molecule has 4 rings (SSSR count). The fourth-order valence-electron chi connectivity index (χ4n) is 4.49. The van der Waals surface area contributed by atoms with Gasteiger partial charge in [-0.05, 0) is 23.1 Å². The number of hydrogen-bond acceptors (Lipinski definition) is 5. The van der Waals surface area contributed by atoms with Gasteiger partial charge in [0.15, 0.2) is 0 Å². The van der Waals surface area contributed by atoms with Gasteiger partial charge in [-0.15, -0.1) is 0 Å². The minimum Gasteiger partial charge on any atom is -0.379 e. The number of para-hydroxylation sites is 1. The average molecular weight is 451 g/mol. The van der Waals surface area contributed by atoms with Crippen LogP contribution in [0.3, 0.4) is 0 Å². The molecule has 1 fully saturated rings. The smallest absolute Gasteiger partial charge is 0.269 e. The van der Waals surface area contributed by atoms with Crippen LogP contribution >= 0.6 is 0 Å². The molecule has 3 aromatic rings. The van der Waals surface area contributed by atoms with Gasteiger partial charge in [0.1, 0.15) is 0 Å². The molecule has 8 nitrogen and oxygen atoms in total. The molecule has 1 aromatic heterocycles. The molecular formula is C25H30N4O4. The van der Waals surface area contributed by atoms with E-state index in [0.717, 1.165) is 61.3 Å². The fourth-order valence-corrected chi connectivity index (χ4v) is 4.49. The number of carbonyl (C=O) groups excluding carboxylic acids is 1. The van der Waals surface area contributed by atoms with E-state index in [-0.39, 0.29) is 23.9 Å². The number of benzene rings is 2. The highest BCUT2D eigenvalue weighted by Gasteiger charge is 2.23. The van der Waals surface area contributed by atoms with Crippen LogP contribution in [0.4, 0.5) is 5.69 Å². The summed E-state index contributed by atoms with van der Waals surface area (Å²) in [4.78, 5) is 29.3. The van der Waals surface area contributed by atoms with Crippen LogP contribution in [0.15, 0.2) is 48.7 Å². The first-order valence-corrected chi connectivity index (χ1v) is 11.5. The maximum atomic E-state index is 12.9. The molecule has 174 valence electrons. The summed E-state index contributed by atoms with van der Waals surface area (Å²) in [5.41, 5.74) is 4.25. The fraction of sp³-hybridized carbons (Fsp3) is 0.400. The van der Waals surface area contributed by atoms with E-state index < -0.39 is 4.92 Å². The summed E-state index contributed by atoms with van der Waals surface area (Å²) < 4.78 is 5.37. The number of non-ortho nitro benzene ring substituents is 1. The highest BCUT2D eigenvalue weighted by atomic mass is 16.6. The third-order valence-electron chi connectivity index (χ3n) is 6.34. The number of nitrogens with one attached hydrogen (secondary N) is 2. The Labute approximate surface area is 193 Å². The second-order valence-corrected chi connectivity index (χ2v) is 8.35. The first kappa shape index (κ1) is 22.9. The summed E-state index contributed by atoms with van der Waals surface area (Å²) in [6.07, 6.45) is 3.14. The van der Waals surface area contributed by atoms with Gasteiger partial charge in [0.2, 0.25) is 5.91 Å². The molecule has 0 spiro atoms. The van der Waals surface area contributed by atoms with Gasteiger partial charge in [0.05, 0.1) is 18.1 Å². The molecule has 0 unspecified atom stereocenters. The van der Waals surface area contributed by atoms with Crippen molar-refractivity contribution in [3.63, 3.8) is 0 Å². The topological polar surface area (TPSA) is 100 Å². The number of aromatic amines is 1. The van der Waals surface area contributed by atoms with Crippen molar-refractivity contribution in [1.29, 1.82) is 0 Å². The Morgan fingerprint density at radius 1 is 1.21 bits per heavy atom. The number of aromatic nitrogens is 1. The third-order valence-corrected chi connectivity index (χ3v) is 6.34. The Bertz CT molecular complexity index is 1100. The highest BCUT2D eigenvalue weighted by molar-refractivity contribution is 5.88. The van der Waals surface area contributed by atoms with E-state index in [9.17, 15) is 14.9 Å². The summed E-state index contributed by atoms with van der Waals surface area (Å²) in [5.74, 6) is -0.248. The number of hydrogen-bond donors (Lipinski definition) is 2. The predicted molar refractivity (Wildman–Crippen MR) is 128 cm³/mol. The number of aryl methyl sites for hydroxylation is 1. The summed E-state index contributed by atoms with van der Waals surface area (Å²) >= 11 is 0. The number of ether oxygens (including phenoxy) is 1. The maximum Gasteiger partial charge on any atom is 0.269 e. The molecule has 0 radical (unpaired) electrons. The molecular weight excluding hydrogens is 420 g/mol. The largest absolute Gasteiger partial charge is 0.379 e. The van der Waals surface area contributed by atoms with E-state index >= 15 is 0 Å². The number of nitro groups is 1. The van der Waals surface area contributed by atoms with Crippen molar-refractivity contribution in [2.24, 2.45) is 0 Å². The van der Waals surface area contributed by atoms with Crippen LogP contribution in [0.25, 0.3) is 10.9 Å². The summed E-state index contributed by atoms with van der Waals surface area (Å²) in [6, 6.07) is 12.7. The average Bonchev–Trinajstić information content (AvgIpc) is 3.27. The third kappa shape index (κ3) is 5.40. The summed E-state index contributed by atoms with van der Waals surface area (Å²) in [7, 11) is 0. The van der Waals surface area contributed by atoms with Crippen molar-refractivity contribution < 1.29 is 14.5 Å². The number of nitrogens with zero attached hydrogens (tertiary/aromatic N) is 2. The second kappa shape index (κ2) is 10.6. The molecule has 8 heteroatoms. The first-order valence-electron chi connectivity index (χ1n) is 11.5. The van der Waals surface area contributed by atoms with Gasteiger partial charge < -0.3 is 15.0 Å². The van der Waals surface area contributed by atoms with Crippen LogP contribution in [0, 0.1) is 10.1 Å². The van der Waals surface area contributed by atoms with Gasteiger partial charge in [0, 0.05) is 67.8 Å². The monoisotopic (exact) mass is 450 g/mol. The molecule has 2 aromatic carbocycles. The zero-order valence-electron chi connectivity index (χ0n) is 18.9. The van der Waals surface area contributed by atoms with Crippen molar-refractivity contribution in [3.05, 3.63) is 75.5 Å². The van der Waals surface area contributed by atoms with Crippen LogP contribution in [-0.4, -0.2) is 60.1 Å². The van der Waals surface area contributed by atoms with Gasteiger partial charge in [-0.25, -0.2) is 0 Å². The number of rotatable bonds is 9. The first-order chi connectivity index (χ1) is 16.1. The van der Waals surface area contributed by atoms with Gasteiger partial charge in [-0.3, -0.25) is 19.8 Å². The van der Waals surface area contributed by atoms with Crippen molar-refractivity contribution in [1.82, 2.24) is 15.2 Å². The molecule has 33 heavy (non-hydrogen) atoms. The molecule has 0 saturated carbocycles. The lowest BCUT2D eigenvalue weighted by molar-refractivity contribution is -0.384. The molecule has 1 aliphatic rings. The maximum absolute atomic E-state index is 12.9. The van der Waals surface area contributed by atoms with Crippen LogP contribution in [0.5, 0.6) is 0 Å². The predicted octanol–water partition coefficient (Wildman–Crippen LogP) is 3.61. The summed E-state index contributed by atoms with van der Waals surface area (Å²) in [6.45, 7) is 6.73. The molecule has 0 aliphatic carbocycles. The molecule has 0 bridgehead atoms. The van der Waals surface area contributed by atoms with Crippen LogP contribution in [0.1, 0.15) is 36.0 Å². The molecule has 2 heterocycles. The Kier molecular flexibility index (Phi) is 7.36. The molecule has 1 saturated heterocycles. The van der Waals surface area contributed by atoms with E-state index in [4.69, 9.17) is 4.74 Å². The Balaban J connectivity index is 1.55. The Morgan fingerprint density at radius 2 is 1.97 bits per heavy atom. The highest BCUT2D eigenvalue weighted by Crippen LogP contribution is 2.35. The number of nitro benzene ring substituents is 1. The van der Waals surface area contributed by atoms with Gasteiger partial charge in [-0.2, -0.15) is 0 Å². The van der Waals surface area contributed by atoms with Gasteiger partial charge in [0.25, 0.3) is 5.69 Å². The molecule has 1 atom stereocenters. The van der Waals surface area contributed by atoms with Crippen molar-refractivity contribution >= 4 is 22.5 Å². The van der Waals surface area contributed by atoms with Crippen molar-refractivity contribution in [3.8, 4) is 0 Å². The Hall–Kier alpha value is -3.23. The number of H-pyrrole nitrogens is 1. The lowest BCUT2D eigenvalue weighted by Gasteiger charge is -2.26. The van der Waals surface area contributed by atoms with E-state index in [2.05, 4.69) is 34.3 Å². The summed E-state index contributed by atoms with van der Waals surface area (Å²) in [5, 5.41) is 15.2. The normalized spacial score (nSPS) is 15.4. The SMILES string of the molecule is CCc1cccc2c([C@@H](CC(=O)NCCN3CCOCC3)c3ccc([N+](=O)[O-])cc3)c[nH]c12. The molecule has 1 amide bonds. The van der Waals surface area contributed by atoms with Crippen LogP contribution < -0.4 is 5.32 Å². The number of morpholine rings is 1. The van der Waals surface area contributed by atoms with E-state index in [1.54, 1.807) is 12.1 Å². The zero-order chi connectivity index (χ0) is 23.2. The van der Waals surface area contributed by atoms with Crippen molar-refractivity contribution in [2.45, 2.75) is 25.7 Å². The van der Waals surface area contributed by atoms with Crippen LogP contribution in [0.2, 0.25) is 0 Å². The number of carbonyl (C=O) groups is 1. The quantitative estimate of drug-likeness (QED) is 0.383. The lowest BCUT2D eigenvalue weighted by Crippen LogP contribution is -2.41. The van der Waals surface area contributed by atoms with Gasteiger partial charge >= 0.3 is 0 Å². The van der Waals surface area contributed by atoms with E-state index in [1.807, 2.05) is 12.3 Å². The minimum atomic E-state index is -0.406.